The van der Waals surface area contributed by atoms with Gasteiger partial charge in [0.05, 0.1) is 0 Å². The monoisotopic (exact) mass is 358 g/mol. The van der Waals surface area contributed by atoms with E-state index in [4.69, 9.17) is 11.6 Å². The number of hydrogen-bond donors (Lipinski definition) is 2. The molecule has 2 aromatic rings. The molecule has 0 amide bonds. The van der Waals surface area contributed by atoms with Gasteiger partial charge in [-0.05, 0) is 42.4 Å². The lowest BCUT2D eigenvalue weighted by atomic mass is 10.1. The predicted octanol–water partition coefficient (Wildman–Crippen LogP) is 3.66. The average Bonchev–Trinajstić information content (AvgIpc) is 2.62. The van der Waals surface area contributed by atoms with Crippen molar-refractivity contribution in [1.29, 1.82) is 0 Å². The van der Waals surface area contributed by atoms with Crippen LogP contribution >= 0.6 is 11.6 Å². The van der Waals surface area contributed by atoms with Crippen molar-refractivity contribution < 1.29 is 0 Å². The molecule has 0 spiro atoms. The molecule has 0 aliphatic rings. The minimum absolute atomic E-state index is 0.682. The van der Waals surface area contributed by atoms with Gasteiger partial charge in [-0.3, -0.25) is 4.99 Å². The molecule has 5 heteroatoms. The molecule has 0 radical (unpaired) electrons. The maximum absolute atomic E-state index is 6.02. The summed E-state index contributed by atoms with van der Waals surface area (Å²) < 4.78 is 0. The standard InChI is InChI=1S/C20H27ClN4/c1-4-25(3)15-18-9-5-7-16(11-18)13-23-20(22-2)24-14-17-8-6-10-19(21)12-17/h5-12H,4,13-15H2,1-3H3,(H2,22,23,24). The zero-order valence-corrected chi connectivity index (χ0v) is 16.0. The van der Waals surface area contributed by atoms with Gasteiger partial charge in [0.15, 0.2) is 5.96 Å². The third-order valence-corrected chi connectivity index (χ3v) is 4.25. The summed E-state index contributed by atoms with van der Waals surface area (Å²) in [6.07, 6.45) is 0. The normalized spacial score (nSPS) is 11.6. The molecule has 0 atom stereocenters. The minimum Gasteiger partial charge on any atom is -0.352 e. The Hall–Kier alpha value is -2.04. The van der Waals surface area contributed by atoms with Crippen molar-refractivity contribution in [3.8, 4) is 0 Å². The highest BCUT2D eigenvalue weighted by Crippen LogP contribution is 2.10. The molecule has 0 saturated heterocycles. The third kappa shape index (κ3) is 6.77. The molecule has 25 heavy (non-hydrogen) atoms. The number of halogens is 1. The summed E-state index contributed by atoms with van der Waals surface area (Å²) >= 11 is 6.02. The molecule has 2 rings (SSSR count). The second-order valence-corrected chi connectivity index (χ2v) is 6.50. The van der Waals surface area contributed by atoms with E-state index in [9.17, 15) is 0 Å². The van der Waals surface area contributed by atoms with Crippen LogP contribution in [0.15, 0.2) is 53.5 Å². The van der Waals surface area contributed by atoms with Gasteiger partial charge in [-0.2, -0.15) is 0 Å². The molecule has 2 aromatic carbocycles. The first-order chi connectivity index (χ1) is 12.1. The number of benzene rings is 2. The Kier molecular flexibility index (Phi) is 7.76. The van der Waals surface area contributed by atoms with Crippen LogP contribution in [-0.4, -0.2) is 31.5 Å². The molecule has 134 valence electrons. The van der Waals surface area contributed by atoms with E-state index in [1.54, 1.807) is 7.05 Å². The second-order valence-electron chi connectivity index (χ2n) is 6.06. The molecule has 0 fully saturated rings. The zero-order chi connectivity index (χ0) is 18.1. The van der Waals surface area contributed by atoms with E-state index >= 15 is 0 Å². The van der Waals surface area contributed by atoms with Crippen LogP contribution in [0.5, 0.6) is 0 Å². The van der Waals surface area contributed by atoms with Crippen molar-refractivity contribution >= 4 is 17.6 Å². The number of nitrogens with zero attached hydrogens (tertiary/aromatic N) is 2. The van der Waals surface area contributed by atoms with Gasteiger partial charge in [0.2, 0.25) is 0 Å². The third-order valence-electron chi connectivity index (χ3n) is 4.02. The van der Waals surface area contributed by atoms with Gasteiger partial charge in [0, 0.05) is 31.7 Å². The molecular formula is C20H27ClN4. The molecule has 0 aliphatic carbocycles. The summed E-state index contributed by atoms with van der Waals surface area (Å²) in [6, 6.07) is 16.5. The number of aliphatic imine (C=N–C) groups is 1. The van der Waals surface area contributed by atoms with Crippen molar-refractivity contribution in [2.45, 2.75) is 26.6 Å². The zero-order valence-electron chi connectivity index (χ0n) is 15.2. The number of rotatable bonds is 7. The summed E-state index contributed by atoms with van der Waals surface area (Å²) in [5.74, 6) is 0.774. The highest BCUT2D eigenvalue weighted by molar-refractivity contribution is 6.30. The number of guanidine groups is 1. The van der Waals surface area contributed by atoms with Crippen molar-refractivity contribution in [3.63, 3.8) is 0 Å². The van der Waals surface area contributed by atoms with E-state index in [1.807, 2.05) is 24.3 Å². The first-order valence-corrected chi connectivity index (χ1v) is 8.94. The van der Waals surface area contributed by atoms with E-state index in [0.29, 0.717) is 6.54 Å². The van der Waals surface area contributed by atoms with E-state index in [-0.39, 0.29) is 0 Å². The number of nitrogens with one attached hydrogen (secondary N) is 2. The Balaban J connectivity index is 1.87. The maximum Gasteiger partial charge on any atom is 0.191 e. The van der Waals surface area contributed by atoms with Crippen molar-refractivity contribution in [3.05, 3.63) is 70.2 Å². The molecule has 0 saturated carbocycles. The molecule has 2 N–H and O–H groups in total. The first-order valence-electron chi connectivity index (χ1n) is 8.56. The highest BCUT2D eigenvalue weighted by Gasteiger charge is 2.02. The molecular weight excluding hydrogens is 332 g/mol. The Morgan fingerprint density at radius 3 is 2.20 bits per heavy atom. The second kappa shape index (κ2) is 10.1. The largest absolute Gasteiger partial charge is 0.352 e. The van der Waals surface area contributed by atoms with Crippen molar-refractivity contribution in [2.24, 2.45) is 4.99 Å². The van der Waals surface area contributed by atoms with Gasteiger partial charge in [-0.25, -0.2) is 0 Å². The first kappa shape index (κ1) is 19.3. The lowest BCUT2D eigenvalue weighted by molar-refractivity contribution is 0.345. The van der Waals surface area contributed by atoms with Crippen LogP contribution in [0.1, 0.15) is 23.6 Å². The summed E-state index contributed by atoms with van der Waals surface area (Å²) in [5, 5.41) is 7.41. The number of hydrogen-bond acceptors (Lipinski definition) is 2. The minimum atomic E-state index is 0.682. The molecule has 0 aliphatic heterocycles. The quantitative estimate of drug-likeness (QED) is 0.586. The molecule has 0 bridgehead atoms. The summed E-state index contributed by atoms with van der Waals surface area (Å²) in [5.41, 5.74) is 3.69. The van der Waals surface area contributed by atoms with E-state index < -0.39 is 0 Å². The fourth-order valence-electron chi connectivity index (χ4n) is 2.50. The van der Waals surface area contributed by atoms with Crippen LogP contribution in [0.25, 0.3) is 0 Å². The van der Waals surface area contributed by atoms with Gasteiger partial charge in [0.25, 0.3) is 0 Å². The summed E-state index contributed by atoms with van der Waals surface area (Å²) in [4.78, 5) is 6.57. The van der Waals surface area contributed by atoms with Gasteiger partial charge < -0.3 is 15.5 Å². The lowest BCUT2D eigenvalue weighted by Crippen LogP contribution is -2.36. The summed E-state index contributed by atoms with van der Waals surface area (Å²) in [7, 11) is 3.91. The Morgan fingerprint density at radius 1 is 1.00 bits per heavy atom. The van der Waals surface area contributed by atoms with Gasteiger partial charge in [0.1, 0.15) is 0 Å². The fourth-order valence-corrected chi connectivity index (χ4v) is 2.71. The molecule has 4 nitrogen and oxygen atoms in total. The average molecular weight is 359 g/mol. The maximum atomic E-state index is 6.02. The van der Waals surface area contributed by atoms with Crippen LogP contribution in [0.4, 0.5) is 0 Å². The SMILES string of the molecule is CCN(C)Cc1cccc(CNC(=NC)NCc2cccc(Cl)c2)c1. The van der Waals surface area contributed by atoms with Crippen LogP contribution in [0.3, 0.4) is 0 Å². The van der Waals surface area contributed by atoms with Crippen LogP contribution in [0, 0.1) is 0 Å². The predicted molar refractivity (Wildman–Crippen MR) is 107 cm³/mol. The highest BCUT2D eigenvalue weighted by atomic mass is 35.5. The van der Waals surface area contributed by atoms with Crippen molar-refractivity contribution in [2.75, 3.05) is 20.6 Å². The Bertz CT molecular complexity index is 700. The Morgan fingerprint density at radius 2 is 1.60 bits per heavy atom. The fraction of sp³-hybridized carbons (Fsp3) is 0.350. The summed E-state index contributed by atoms with van der Waals surface area (Å²) in [6.45, 7) is 5.59. The van der Waals surface area contributed by atoms with Crippen LogP contribution in [-0.2, 0) is 19.6 Å². The van der Waals surface area contributed by atoms with Crippen LogP contribution < -0.4 is 10.6 Å². The van der Waals surface area contributed by atoms with E-state index in [1.165, 1.54) is 11.1 Å². The molecule has 0 aromatic heterocycles. The van der Waals surface area contributed by atoms with Crippen molar-refractivity contribution in [1.82, 2.24) is 15.5 Å². The van der Waals surface area contributed by atoms with E-state index in [0.717, 1.165) is 36.2 Å². The van der Waals surface area contributed by atoms with Gasteiger partial charge in [-0.1, -0.05) is 54.9 Å². The topological polar surface area (TPSA) is 39.7 Å². The van der Waals surface area contributed by atoms with Gasteiger partial charge >= 0.3 is 0 Å². The lowest BCUT2D eigenvalue weighted by Gasteiger charge is -2.15. The van der Waals surface area contributed by atoms with Crippen LogP contribution in [0.2, 0.25) is 5.02 Å². The molecule has 0 heterocycles. The Labute approximate surface area is 155 Å². The van der Waals surface area contributed by atoms with Gasteiger partial charge in [-0.15, -0.1) is 0 Å². The van der Waals surface area contributed by atoms with E-state index in [2.05, 4.69) is 58.8 Å². The smallest absolute Gasteiger partial charge is 0.191 e. The molecule has 0 unspecified atom stereocenters.